The van der Waals surface area contributed by atoms with E-state index in [1.807, 2.05) is 0 Å². The zero-order chi connectivity index (χ0) is 2.71. The molecule has 0 heterocycles. The predicted molar refractivity (Wildman–Crippen MR) is 32.7 cm³/mol. The Labute approximate surface area is 77.6 Å². The fourth-order valence-corrected chi connectivity index (χ4v) is 0. The average molecular weight is 290 g/mol. The number of hydrogen-bond donors (Lipinski definition) is 0. The van der Waals surface area contributed by atoms with E-state index in [9.17, 15) is 0 Å². The van der Waals surface area contributed by atoms with Gasteiger partial charge in [-0.15, -0.1) is 0 Å². The Morgan fingerprint density at radius 3 is 1.00 bits per heavy atom. The molecule has 0 aliphatic heterocycles. The van der Waals surface area contributed by atoms with Gasteiger partial charge >= 0.3 is 51.6 Å². The van der Waals surface area contributed by atoms with Gasteiger partial charge in [0.05, 0.1) is 0 Å². The van der Waals surface area contributed by atoms with Crippen molar-refractivity contribution in [1.29, 1.82) is 0 Å². The molecule has 0 amide bonds. The third kappa shape index (κ3) is 32.9. The van der Waals surface area contributed by atoms with Crippen molar-refractivity contribution in [3.63, 3.8) is 0 Å². The van der Waals surface area contributed by atoms with E-state index in [1.54, 1.807) is 0 Å². The molecular weight excluding hydrogens is 288 g/mol. The Hall–Kier alpha value is 2.35. The van der Waals surface area contributed by atoms with Crippen molar-refractivity contribution in [3.05, 3.63) is 0 Å². The van der Waals surface area contributed by atoms with Crippen LogP contribution >= 0.6 is 19.6 Å². The molecule has 0 aromatic heterocycles. The van der Waals surface area contributed by atoms with E-state index in [2.05, 4.69) is 19.6 Å². The van der Waals surface area contributed by atoms with Crippen molar-refractivity contribution in [2.45, 2.75) is 0 Å². The Morgan fingerprint density at radius 1 is 1.00 bits per heavy atom. The third-order valence-corrected chi connectivity index (χ3v) is 0. The van der Waals surface area contributed by atoms with E-state index in [0.717, 1.165) is 0 Å². The molecule has 0 aromatic carbocycles. The number of thiol groups is 2. The van der Waals surface area contributed by atoms with Crippen molar-refractivity contribution in [3.8, 4) is 0 Å². The standard InChI is InChI=1S/Cu.Mo.2H2S.2S/h;;2*1H2;;/q+2;;;;;/p-2. The Bertz CT molecular complexity index is 28.5. The molecule has 6 heteroatoms. The average Bonchev–Trinajstić information content (AvgIpc) is 0.918. The van der Waals surface area contributed by atoms with E-state index in [4.69, 9.17) is 0 Å². The van der Waals surface area contributed by atoms with Crippen LogP contribution in [-0.4, -0.2) is 0 Å². The van der Waals surface area contributed by atoms with Gasteiger partial charge < -0.3 is 27.0 Å². The number of rotatable bonds is 0. The second kappa shape index (κ2) is 26.4. The van der Waals surface area contributed by atoms with Crippen LogP contribution in [0, 0.1) is 0 Å². The first-order chi connectivity index (χ1) is 1.41. The molecule has 0 rings (SSSR count). The quantitative estimate of drug-likeness (QED) is 0.366. The first-order valence-electron chi connectivity index (χ1n) is 0.333. The van der Waals surface area contributed by atoms with Gasteiger partial charge in [-0.25, -0.2) is 0 Å². The van der Waals surface area contributed by atoms with E-state index < -0.39 is 0 Å². The third-order valence-electron chi connectivity index (χ3n) is 0. The minimum absolute atomic E-state index is 0. The maximum absolute atomic E-state index is 4.34. The molecule has 0 aromatic rings. The molecule has 0 fully saturated rings. The second-order valence-electron chi connectivity index (χ2n) is 0.0680. The summed E-state index contributed by atoms with van der Waals surface area (Å²) in [6.07, 6.45) is 0. The molecule has 0 nitrogen and oxygen atoms in total. The van der Waals surface area contributed by atoms with Crippen LogP contribution in [0.2, 0.25) is 0 Å². The van der Waals surface area contributed by atoms with E-state index in [0.29, 0.717) is 0 Å². The van der Waals surface area contributed by atoms with Gasteiger partial charge in [0.1, 0.15) is 0 Å². The maximum atomic E-state index is 4.34. The molecule has 0 saturated heterocycles. The first kappa shape index (κ1) is 23.8. The summed E-state index contributed by atoms with van der Waals surface area (Å²) in [5.41, 5.74) is 0. The minimum atomic E-state index is -0.363. The molecule has 43 valence electrons. The summed E-state index contributed by atoms with van der Waals surface area (Å²) in [6, 6.07) is 0. The zero-order valence-corrected chi connectivity index (χ0v) is 8.79. The summed E-state index contributed by atoms with van der Waals surface area (Å²) in [5, 5.41) is 0. The molecule has 0 N–H and O–H groups in total. The summed E-state index contributed by atoms with van der Waals surface area (Å²) >= 11 is -0.363. The predicted octanol–water partition coefficient (Wildman–Crippen LogP) is 0.751. The second-order valence-corrected chi connectivity index (χ2v) is 3.62. The Morgan fingerprint density at radius 2 is 1.00 bits per heavy atom. The van der Waals surface area contributed by atoms with Gasteiger partial charge in [-0.1, -0.05) is 0 Å². The van der Waals surface area contributed by atoms with Crippen molar-refractivity contribution in [2.24, 2.45) is 0 Å². The van der Waals surface area contributed by atoms with Gasteiger partial charge in [0.2, 0.25) is 0 Å². The topological polar surface area (TPSA) is 0 Å². The van der Waals surface area contributed by atoms with Crippen LogP contribution in [-0.2, 0) is 59.0 Å². The molecule has 0 spiro atoms. The van der Waals surface area contributed by atoms with E-state index >= 15 is 0 Å². The van der Waals surface area contributed by atoms with Crippen LogP contribution in [0.15, 0.2) is 0 Å². The molecule has 0 bridgehead atoms. The van der Waals surface area contributed by atoms with E-state index in [-0.39, 0.29) is 59.0 Å². The van der Waals surface area contributed by atoms with Crippen molar-refractivity contribution >= 4 is 46.6 Å². The van der Waals surface area contributed by atoms with Crippen molar-refractivity contribution < 1.29 is 32.0 Å². The summed E-state index contributed by atoms with van der Waals surface area (Å²) < 4.78 is 0. The molecular formula is H2CuMoS4. The first-order valence-corrected chi connectivity index (χ1v) is 5.92. The van der Waals surface area contributed by atoms with Gasteiger partial charge in [0, 0.05) is 0 Å². The summed E-state index contributed by atoms with van der Waals surface area (Å²) in [5.74, 6) is 0. The summed E-state index contributed by atoms with van der Waals surface area (Å²) in [4.78, 5) is 0. The summed E-state index contributed by atoms with van der Waals surface area (Å²) in [7, 11) is 8.68. The van der Waals surface area contributed by atoms with Crippen molar-refractivity contribution in [2.75, 3.05) is 0 Å². The normalized spacial score (nSPS) is 2.00. The Kier molecular flexibility index (Phi) is 105. The van der Waals surface area contributed by atoms with E-state index in [1.165, 1.54) is 0 Å². The van der Waals surface area contributed by atoms with Crippen LogP contribution in [0.1, 0.15) is 0 Å². The van der Waals surface area contributed by atoms with Gasteiger partial charge in [0.15, 0.2) is 0 Å². The van der Waals surface area contributed by atoms with Crippen LogP contribution in [0.4, 0.5) is 0 Å². The fraction of sp³-hybridized carbons (Fsp3) is 0. The Balaban J connectivity index is -0.00000000667. The molecule has 0 aliphatic rings. The van der Waals surface area contributed by atoms with Gasteiger partial charge in [0.25, 0.3) is 0 Å². The van der Waals surface area contributed by atoms with Crippen LogP contribution in [0.25, 0.3) is 0 Å². The van der Waals surface area contributed by atoms with Crippen LogP contribution in [0.3, 0.4) is 0 Å². The molecule has 0 aliphatic carbocycles. The summed E-state index contributed by atoms with van der Waals surface area (Å²) in [6.45, 7) is 0. The van der Waals surface area contributed by atoms with Crippen LogP contribution in [0.5, 0.6) is 0 Å². The molecule has 0 saturated carbocycles. The monoisotopic (exact) mass is 291 g/mol. The van der Waals surface area contributed by atoms with Gasteiger partial charge in [-0.05, 0) is 0 Å². The molecule has 1 radical (unpaired) electrons. The van der Waals surface area contributed by atoms with Gasteiger partial charge in [-0.2, -0.15) is 0 Å². The molecule has 0 atom stereocenters. The number of hydrogen-bond acceptors (Lipinski definition) is 4. The molecule has 6 heavy (non-hydrogen) atoms. The van der Waals surface area contributed by atoms with Crippen molar-refractivity contribution in [1.82, 2.24) is 0 Å². The molecule has 0 unspecified atom stereocenters. The SMILES string of the molecule is [Cu+2].[SH-].[SH-].[S]=[Mo]=[S]. The van der Waals surface area contributed by atoms with Crippen LogP contribution < -0.4 is 0 Å². The fourth-order valence-electron chi connectivity index (χ4n) is 0. The zero-order valence-electron chi connectivity index (χ0n) is 2.42. The van der Waals surface area contributed by atoms with Gasteiger partial charge in [-0.3, -0.25) is 0 Å².